The molecule has 2 aromatic carbocycles. The summed E-state index contributed by atoms with van der Waals surface area (Å²) in [5.41, 5.74) is 4.83. The molecule has 3 heteroatoms. The van der Waals surface area contributed by atoms with Crippen LogP contribution in [0.1, 0.15) is 22.3 Å². The van der Waals surface area contributed by atoms with Crippen molar-refractivity contribution < 1.29 is 8.78 Å². The van der Waals surface area contributed by atoms with E-state index >= 15 is 0 Å². The Kier molecular flexibility index (Phi) is 3.84. The second-order valence-electron chi connectivity index (χ2n) is 4.85. The van der Waals surface area contributed by atoms with Crippen molar-refractivity contribution in [2.45, 2.75) is 27.3 Å². The molecule has 2 aromatic rings. The zero-order chi connectivity index (χ0) is 14.0. The Balaban J connectivity index is 2.21. The molecule has 0 aromatic heterocycles. The van der Waals surface area contributed by atoms with E-state index in [1.807, 2.05) is 20.8 Å². The minimum atomic E-state index is -0.443. The lowest BCUT2D eigenvalue weighted by molar-refractivity contribution is 0.602. The van der Waals surface area contributed by atoms with Gasteiger partial charge in [0.25, 0.3) is 0 Å². The summed E-state index contributed by atoms with van der Waals surface area (Å²) >= 11 is 0. The first kappa shape index (κ1) is 13.5. The zero-order valence-corrected chi connectivity index (χ0v) is 11.3. The standard InChI is InChI=1S/C16H17F2N/c1-10-6-11(2)14(12(3)7-10)9-19-16-8-13(17)4-5-15(16)18/h4-8,19H,9H2,1-3H3. The summed E-state index contributed by atoms with van der Waals surface area (Å²) in [4.78, 5) is 0. The van der Waals surface area contributed by atoms with Gasteiger partial charge in [0.15, 0.2) is 0 Å². The topological polar surface area (TPSA) is 12.0 Å². The Morgan fingerprint density at radius 1 is 0.947 bits per heavy atom. The summed E-state index contributed by atoms with van der Waals surface area (Å²) in [6, 6.07) is 7.60. The summed E-state index contributed by atoms with van der Waals surface area (Å²) in [5, 5.41) is 2.96. The third-order valence-electron chi connectivity index (χ3n) is 3.22. The highest BCUT2D eigenvalue weighted by Crippen LogP contribution is 2.20. The summed E-state index contributed by atoms with van der Waals surface area (Å²) < 4.78 is 26.6. The minimum absolute atomic E-state index is 0.194. The van der Waals surface area contributed by atoms with E-state index in [9.17, 15) is 8.78 Å². The molecule has 100 valence electrons. The van der Waals surface area contributed by atoms with Gasteiger partial charge in [0.2, 0.25) is 0 Å². The van der Waals surface area contributed by atoms with E-state index in [1.165, 1.54) is 11.6 Å². The summed E-state index contributed by atoms with van der Waals surface area (Å²) in [6.45, 7) is 6.58. The van der Waals surface area contributed by atoms with E-state index in [2.05, 4.69) is 17.4 Å². The highest BCUT2D eigenvalue weighted by atomic mass is 19.1. The number of nitrogens with one attached hydrogen (secondary N) is 1. The predicted molar refractivity (Wildman–Crippen MR) is 74.3 cm³/mol. The molecule has 0 heterocycles. The lowest BCUT2D eigenvalue weighted by Gasteiger charge is -2.13. The maximum atomic E-state index is 13.5. The number of hydrogen-bond acceptors (Lipinski definition) is 1. The molecule has 0 spiro atoms. The number of benzene rings is 2. The molecule has 0 atom stereocenters. The molecule has 2 rings (SSSR count). The molecule has 0 aliphatic heterocycles. The smallest absolute Gasteiger partial charge is 0.146 e. The van der Waals surface area contributed by atoms with Crippen LogP contribution in [0.4, 0.5) is 14.5 Å². The van der Waals surface area contributed by atoms with Crippen molar-refractivity contribution in [3.63, 3.8) is 0 Å². The first-order valence-corrected chi connectivity index (χ1v) is 6.23. The van der Waals surface area contributed by atoms with Crippen LogP contribution >= 0.6 is 0 Å². The number of hydrogen-bond donors (Lipinski definition) is 1. The molecule has 0 radical (unpaired) electrons. The molecule has 0 unspecified atom stereocenters. The molecule has 0 amide bonds. The van der Waals surface area contributed by atoms with E-state index in [0.717, 1.165) is 28.8 Å². The van der Waals surface area contributed by atoms with Crippen LogP contribution in [0.25, 0.3) is 0 Å². The van der Waals surface area contributed by atoms with E-state index < -0.39 is 11.6 Å². The average Bonchev–Trinajstić information content (AvgIpc) is 2.32. The zero-order valence-electron chi connectivity index (χ0n) is 11.3. The predicted octanol–water partition coefficient (Wildman–Crippen LogP) is 4.50. The molecule has 0 saturated carbocycles. The van der Waals surface area contributed by atoms with Gasteiger partial charge in [0, 0.05) is 6.54 Å². The van der Waals surface area contributed by atoms with E-state index in [4.69, 9.17) is 0 Å². The van der Waals surface area contributed by atoms with Crippen molar-refractivity contribution in [2.24, 2.45) is 0 Å². The minimum Gasteiger partial charge on any atom is -0.378 e. The van der Waals surface area contributed by atoms with E-state index in [0.29, 0.717) is 6.54 Å². The molecule has 0 aliphatic carbocycles. The van der Waals surface area contributed by atoms with E-state index in [-0.39, 0.29) is 5.69 Å². The molecule has 0 saturated heterocycles. The van der Waals surface area contributed by atoms with Gasteiger partial charge in [-0.25, -0.2) is 8.78 Å². The molecular weight excluding hydrogens is 244 g/mol. The van der Waals surface area contributed by atoms with Crippen LogP contribution in [-0.4, -0.2) is 0 Å². The second kappa shape index (κ2) is 5.39. The SMILES string of the molecule is Cc1cc(C)c(CNc2cc(F)ccc2F)c(C)c1. The summed E-state index contributed by atoms with van der Waals surface area (Å²) in [6.07, 6.45) is 0. The molecule has 0 bridgehead atoms. The third-order valence-corrected chi connectivity index (χ3v) is 3.22. The maximum Gasteiger partial charge on any atom is 0.146 e. The van der Waals surface area contributed by atoms with Gasteiger partial charge in [0.1, 0.15) is 11.6 Å². The van der Waals surface area contributed by atoms with Crippen LogP contribution in [0, 0.1) is 32.4 Å². The van der Waals surface area contributed by atoms with Gasteiger partial charge in [0.05, 0.1) is 5.69 Å². The quantitative estimate of drug-likeness (QED) is 0.857. The molecule has 0 aliphatic rings. The van der Waals surface area contributed by atoms with Crippen molar-refractivity contribution in [1.29, 1.82) is 0 Å². The average molecular weight is 261 g/mol. The highest BCUT2D eigenvalue weighted by Gasteiger charge is 2.07. The van der Waals surface area contributed by atoms with Crippen LogP contribution in [0.3, 0.4) is 0 Å². The van der Waals surface area contributed by atoms with Crippen LogP contribution in [-0.2, 0) is 6.54 Å². The Morgan fingerprint density at radius 3 is 2.21 bits per heavy atom. The van der Waals surface area contributed by atoms with Gasteiger partial charge in [-0.1, -0.05) is 17.7 Å². The van der Waals surface area contributed by atoms with Crippen molar-refractivity contribution in [3.8, 4) is 0 Å². The molecule has 1 nitrogen and oxygen atoms in total. The fourth-order valence-corrected chi connectivity index (χ4v) is 2.31. The Morgan fingerprint density at radius 2 is 1.58 bits per heavy atom. The molecular formula is C16H17F2N. The maximum absolute atomic E-state index is 13.5. The molecule has 1 N–H and O–H groups in total. The third kappa shape index (κ3) is 3.11. The summed E-state index contributed by atoms with van der Waals surface area (Å²) in [5.74, 6) is -0.884. The van der Waals surface area contributed by atoms with Crippen LogP contribution < -0.4 is 5.32 Å². The monoisotopic (exact) mass is 261 g/mol. The molecule has 0 fully saturated rings. The number of rotatable bonds is 3. The number of halogens is 2. The largest absolute Gasteiger partial charge is 0.378 e. The normalized spacial score (nSPS) is 10.6. The van der Waals surface area contributed by atoms with Crippen molar-refractivity contribution in [1.82, 2.24) is 0 Å². The first-order chi connectivity index (χ1) is 8.97. The van der Waals surface area contributed by atoms with E-state index in [1.54, 1.807) is 0 Å². The van der Waals surface area contributed by atoms with Gasteiger partial charge in [-0.05, 0) is 55.7 Å². The van der Waals surface area contributed by atoms with Crippen LogP contribution in [0.5, 0.6) is 0 Å². The van der Waals surface area contributed by atoms with Gasteiger partial charge >= 0.3 is 0 Å². The van der Waals surface area contributed by atoms with Gasteiger partial charge < -0.3 is 5.32 Å². The fourth-order valence-electron chi connectivity index (χ4n) is 2.31. The fraction of sp³-hybridized carbons (Fsp3) is 0.250. The Bertz CT molecular complexity index is 583. The Labute approximate surface area is 112 Å². The summed E-state index contributed by atoms with van der Waals surface area (Å²) in [7, 11) is 0. The second-order valence-corrected chi connectivity index (χ2v) is 4.85. The van der Waals surface area contributed by atoms with Crippen LogP contribution in [0.15, 0.2) is 30.3 Å². The lowest BCUT2D eigenvalue weighted by atomic mass is 10.00. The van der Waals surface area contributed by atoms with Crippen molar-refractivity contribution >= 4 is 5.69 Å². The highest BCUT2D eigenvalue weighted by molar-refractivity contribution is 5.47. The van der Waals surface area contributed by atoms with Gasteiger partial charge in [-0.15, -0.1) is 0 Å². The lowest BCUT2D eigenvalue weighted by Crippen LogP contribution is -2.05. The Hall–Kier alpha value is -1.90. The van der Waals surface area contributed by atoms with Gasteiger partial charge in [-0.3, -0.25) is 0 Å². The first-order valence-electron chi connectivity index (χ1n) is 6.23. The van der Waals surface area contributed by atoms with Gasteiger partial charge in [-0.2, -0.15) is 0 Å². The number of anilines is 1. The molecule has 19 heavy (non-hydrogen) atoms. The number of aryl methyl sites for hydroxylation is 3. The van der Waals surface area contributed by atoms with Crippen LogP contribution in [0.2, 0.25) is 0 Å². The van der Waals surface area contributed by atoms with Crippen molar-refractivity contribution in [3.05, 3.63) is 64.2 Å². The van der Waals surface area contributed by atoms with Crippen molar-refractivity contribution in [2.75, 3.05) is 5.32 Å².